The first kappa shape index (κ1) is 17.8. The Bertz CT molecular complexity index is 964. The van der Waals surface area contributed by atoms with Crippen molar-refractivity contribution < 1.29 is 9.53 Å². The number of hydrogen-bond acceptors (Lipinski definition) is 6. The van der Waals surface area contributed by atoms with Crippen LogP contribution in [0.5, 0.6) is 5.75 Å². The average Bonchev–Trinajstić information content (AvgIpc) is 3.05. The first-order chi connectivity index (χ1) is 12.7. The molecule has 0 aliphatic carbocycles. The number of nitrogens with zero attached hydrogens (tertiary/aromatic N) is 4. The van der Waals surface area contributed by atoms with Gasteiger partial charge in [-0.25, -0.2) is 9.97 Å². The van der Waals surface area contributed by atoms with Crippen molar-refractivity contribution in [3.05, 3.63) is 48.4 Å². The van der Waals surface area contributed by atoms with Crippen molar-refractivity contribution in [2.24, 2.45) is 0 Å². The Balaban J connectivity index is 1.82. The van der Waals surface area contributed by atoms with Crippen LogP contribution >= 0.6 is 11.8 Å². The highest BCUT2D eigenvalue weighted by atomic mass is 32.2. The van der Waals surface area contributed by atoms with Crippen LogP contribution in [-0.2, 0) is 0 Å². The van der Waals surface area contributed by atoms with Crippen molar-refractivity contribution in [1.82, 2.24) is 14.4 Å². The van der Waals surface area contributed by atoms with Crippen LogP contribution in [0.2, 0.25) is 0 Å². The standard InChI is InChI=1S/C18H17N5O2S/c1-26-18-21-15(13-7-2-4-11-23(13)18)17(24)22-16-14(8-6-10-20-16)25-12-5-3-9-19/h2,4,6-8,10-11H,3,5,12H2,1H3,(H,20,22,24). The van der Waals surface area contributed by atoms with Gasteiger partial charge in [0.05, 0.1) is 18.2 Å². The zero-order valence-corrected chi connectivity index (χ0v) is 15.0. The van der Waals surface area contributed by atoms with Gasteiger partial charge in [-0.15, -0.1) is 0 Å². The highest BCUT2D eigenvalue weighted by Crippen LogP contribution is 2.24. The zero-order chi connectivity index (χ0) is 18.4. The Morgan fingerprint density at radius 3 is 3.08 bits per heavy atom. The van der Waals surface area contributed by atoms with Crippen LogP contribution < -0.4 is 10.1 Å². The molecule has 8 heteroatoms. The summed E-state index contributed by atoms with van der Waals surface area (Å²) in [5, 5.41) is 12.1. The molecule has 132 valence electrons. The van der Waals surface area contributed by atoms with E-state index in [0.717, 1.165) is 10.7 Å². The number of aromatic nitrogens is 3. The van der Waals surface area contributed by atoms with E-state index in [1.807, 2.05) is 35.1 Å². The van der Waals surface area contributed by atoms with E-state index in [9.17, 15) is 4.79 Å². The lowest BCUT2D eigenvalue weighted by Crippen LogP contribution is -2.15. The van der Waals surface area contributed by atoms with E-state index < -0.39 is 0 Å². The number of carbonyl (C=O) groups is 1. The summed E-state index contributed by atoms with van der Waals surface area (Å²) in [6, 6.07) is 11.1. The van der Waals surface area contributed by atoms with Gasteiger partial charge in [0.15, 0.2) is 22.4 Å². The number of ether oxygens (including phenoxy) is 1. The number of carbonyl (C=O) groups excluding carboxylic acids is 1. The van der Waals surface area contributed by atoms with Crippen molar-refractivity contribution in [1.29, 1.82) is 5.26 Å². The van der Waals surface area contributed by atoms with Crippen LogP contribution in [0.15, 0.2) is 47.9 Å². The monoisotopic (exact) mass is 367 g/mol. The maximum Gasteiger partial charge on any atom is 0.277 e. The molecule has 3 rings (SSSR count). The molecule has 3 aromatic rings. The normalized spacial score (nSPS) is 10.5. The van der Waals surface area contributed by atoms with Crippen molar-refractivity contribution in [2.45, 2.75) is 18.0 Å². The van der Waals surface area contributed by atoms with Crippen LogP contribution in [0.1, 0.15) is 23.3 Å². The van der Waals surface area contributed by atoms with E-state index in [4.69, 9.17) is 10.00 Å². The molecule has 0 saturated carbocycles. The molecule has 26 heavy (non-hydrogen) atoms. The van der Waals surface area contributed by atoms with Crippen LogP contribution in [0.4, 0.5) is 5.82 Å². The number of imidazole rings is 1. The van der Waals surface area contributed by atoms with Crippen LogP contribution in [0.25, 0.3) is 5.52 Å². The summed E-state index contributed by atoms with van der Waals surface area (Å²) in [7, 11) is 0. The lowest BCUT2D eigenvalue weighted by molar-refractivity contribution is 0.102. The molecule has 0 unspecified atom stereocenters. The van der Waals surface area contributed by atoms with Crippen molar-refractivity contribution >= 4 is 29.0 Å². The van der Waals surface area contributed by atoms with Gasteiger partial charge in [-0.1, -0.05) is 17.8 Å². The van der Waals surface area contributed by atoms with Gasteiger partial charge in [0.2, 0.25) is 0 Å². The molecule has 1 amide bonds. The third kappa shape index (κ3) is 3.78. The van der Waals surface area contributed by atoms with E-state index in [2.05, 4.69) is 21.4 Å². The molecular formula is C18H17N5O2S. The van der Waals surface area contributed by atoms with E-state index in [1.165, 1.54) is 11.8 Å². The molecule has 0 atom stereocenters. The number of thioether (sulfide) groups is 1. The quantitative estimate of drug-likeness (QED) is 0.508. The summed E-state index contributed by atoms with van der Waals surface area (Å²) >= 11 is 1.47. The fourth-order valence-corrected chi connectivity index (χ4v) is 2.96. The summed E-state index contributed by atoms with van der Waals surface area (Å²) in [6.45, 7) is 0.381. The number of unbranched alkanes of at least 4 members (excludes halogenated alkanes) is 1. The molecule has 0 fully saturated rings. The molecule has 0 radical (unpaired) electrons. The molecule has 0 aromatic carbocycles. The Kier molecular flexibility index (Phi) is 5.71. The van der Waals surface area contributed by atoms with Crippen LogP contribution in [0, 0.1) is 11.3 Å². The van der Waals surface area contributed by atoms with Crippen molar-refractivity contribution in [3.8, 4) is 11.8 Å². The first-order valence-electron chi connectivity index (χ1n) is 8.01. The Morgan fingerprint density at radius 1 is 1.38 bits per heavy atom. The Hall–Kier alpha value is -3.05. The van der Waals surface area contributed by atoms with Gasteiger partial charge in [-0.2, -0.15) is 5.26 Å². The topological polar surface area (TPSA) is 92.3 Å². The predicted octanol–water partition coefficient (Wildman–Crippen LogP) is 3.39. The number of nitriles is 1. The molecule has 0 saturated heterocycles. The molecule has 7 nitrogen and oxygen atoms in total. The van der Waals surface area contributed by atoms with Gasteiger partial charge >= 0.3 is 0 Å². The molecule has 3 heterocycles. The summed E-state index contributed by atoms with van der Waals surface area (Å²) in [5.74, 6) is 0.444. The van der Waals surface area contributed by atoms with E-state index >= 15 is 0 Å². The number of fused-ring (bicyclic) bond motifs is 1. The third-order valence-electron chi connectivity index (χ3n) is 3.61. The second-order valence-corrected chi connectivity index (χ2v) is 6.09. The largest absolute Gasteiger partial charge is 0.490 e. The highest BCUT2D eigenvalue weighted by Gasteiger charge is 2.18. The maximum absolute atomic E-state index is 12.8. The van der Waals surface area contributed by atoms with E-state index in [1.54, 1.807) is 18.3 Å². The predicted molar refractivity (Wildman–Crippen MR) is 99.5 cm³/mol. The minimum Gasteiger partial charge on any atom is -0.490 e. The van der Waals surface area contributed by atoms with Crippen molar-refractivity contribution in [3.63, 3.8) is 0 Å². The van der Waals surface area contributed by atoms with Gasteiger partial charge in [0.1, 0.15) is 0 Å². The third-order valence-corrected chi connectivity index (χ3v) is 4.26. The van der Waals surface area contributed by atoms with Crippen LogP contribution in [0.3, 0.4) is 0 Å². The summed E-state index contributed by atoms with van der Waals surface area (Å²) in [6.07, 6.45) is 6.39. The number of nitrogens with one attached hydrogen (secondary N) is 1. The number of rotatable bonds is 7. The number of amides is 1. The Labute approximate surface area is 155 Å². The lowest BCUT2D eigenvalue weighted by atomic mass is 10.3. The highest BCUT2D eigenvalue weighted by molar-refractivity contribution is 7.98. The zero-order valence-electron chi connectivity index (χ0n) is 14.2. The van der Waals surface area contributed by atoms with Gasteiger partial charge in [0.25, 0.3) is 5.91 Å². The second-order valence-electron chi connectivity index (χ2n) is 5.32. The molecule has 3 aromatic heterocycles. The van der Waals surface area contributed by atoms with Crippen molar-refractivity contribution in [2.75, 3.05) is 18.2 Å². The van der Waals surface area contributed by atoms with Crippen LogP contribution in [-0.4, -0.2) is 33.1 Å². The smallest absolute Gasteiger partial charge is 0.277 e. The second kappa shape index (κ2) is 8.36. The Morgan fingerprint density at radius 2 is 2.27 bits per heavy atom. The average molecular weight is 367 g/mol. The number of pyridine rings is 2. The molecule has 0 aliphatic heterocycles. The van der Waals surface area contributed by atoms with Gasteiger partial charge in [0, 0.05) is 18.8 Å². The number of anilines is 1. The summed E-state index contributed by atoms with van der Waals surface area (Å²) < 4.78 is 7.50. The summed E-state index contributed by atoms with van der Waals surface area (Å²) in [5.41, 5.74) is 1.05. The number of hydrogen-bond donors (Lipinski definition) is 1. The SMILES string of the molecule is CSc1nc(C(=O)Nc2ncccc2OCCCC#N)c2ccccn12. The molecule has 0 spiro atoms. The maximum atomic E-state index is 12.8. The minimum absolute atomic E-state index is 0.330. The fourth-order valence-electron chi connectivity index (χ4n) is 2.42. The van der Waals surface area contributed by atoms with Gasteiger partial charge < -0.3 is 10.1 Å². The van der Waals surface area contributed by atoms with Gasteiger partial charge in [-0.3, -0.25) is 9.20 Å². The molecule has 0 aliphatic rings. The summed E-state index contributed by atoms with van der Waals surface area (Å²) in [4.78, 5) is 21.4. The molecule has 0 bridgehead atoms. The molecular weight excluding hydrogens is 350 g/mol. The molecule has 1 N–H and O–H groups in total. The minimum atomic E-state index is -0.352. The van der Waals surface area contributed by atoms with E-state index in [0.29, 0.717) is 36.7 Å². The lowest BCUT2D eigenvalue weighted by Gasteiger charge is -2.10. The van der Waals surface area contributed by atoms with Gasteiger partial charge in [-0.05, 0) is 36.9 Å². The first-order valence-corrected chi connectivity index (χ1v) is 9.24. The van der Waals surface area contributed by atoms with E-state index in [-0.39, 0.29) is 5.91 Å². The fraction of sp³-hybridized carbons (Fsp3) is 0.222.